The van der Waals surface area contributed by atoms with Gasteiger partial charge < -0.3 is 10.1 Å². The van der Waals surface area contributed by atoms with Crippen LogP contribution in [0.2, 0.25) is 0 Å². The summed E-state index contributed by atoms with van der Waals surface area (Å²) in [6.45, 7) is 6.97. The first-order valence-electron chi connectivity index (χ1n) is 5.66. The van der Waals surface area contributed by atoms with Crippen molar-refractivity contribution in [2.24, 2.45) is 0 Å². The number of nitrogens with one attached hydrogen (secondary N) is 1. The third-order valence-electron chi connectivity index (χ3n) is 2.14. The van der Waals surface area contributed by atoms with E-state index >= 15 is 0 Å². The molecule has 1 aromatic carbocycles. The fraction of sp³-hybridized carbons (Fsp3) is 0.462. The molecule has 17 heavy (non-hydrogen) atoms. The van der Waals surface area contributed by atoms with Crippen LogP contribution in [0.5, 0.6) is 0 Å². The van der Waals surface area contributed by atoms with Gasteiger partial charge in [0.25, 0.3) is 5.91 Å². The predicted molar refractivity (Wildman–Crippen MR) is 72.3 cm³/mol. The zero-order valence-electron chi connectivity index (χ0n) is 10.4. The van der Waals surface area contributed by atoms with E-state index in [9.17, 15) is 4.79 Å². The monoisotopic (exact) mass is 299 g/mol. The minimum absolute atomic E-state index is 0.0678. The van der Waals surface area contributed by atoms with Gasteiger partial charge in [0.1, 0.15) is 0 Å². The molecule has 4 heteroatoms. The Kier molecular flexibility index (Phi) is 5.65. The van der Waals surface area contributed by atoms with Crippen LogP contribution in [0.4, 0.5) is 0 Å². The van der Waals surface area contributed by atoms with Gasteiger partial charge in [-0.1, -0.05) is 15.9 Å². The first-order chi connectivity index (χ1) is 7.99. The average Bonchev–Trinajstić information content (AvgIpc) is 2.22. The van der Waals surface area contributed by atoms with Crippen LogP contribution < -0.4 is 5.32 Å². The zero-order valence-corrected chi connectivity index (χ0v) is 12.0. The van der Waals surface area contributed by atoms with Gasteiger partial charge in [-0.15, -0.1) is 0 Å². The van der Waals surface area contributed by atoms with Crippen molar-refractivity contribution in [1.29, 1.82) is 0 Å². The summed E-state index contributed by atoms with van der Waals surface area (Å²) in [4.78, 5) is 11.8. The molecule has 1 rings (SSSR count). The van der Waals surface area contributed by atoms with Crippen LogP contribution in [0.25, 0.3) is 0 Å². The van der Waals surface area contributed by atoms with E-state index in [0.717, 1.165) is 10.0 Å². The lowest BCUT2D eigenvalue weighted by Gasteiger charge is -2.09. The molecule has 0 saturated heterocycles. The number of carbonyl (C=O) groups is 1. The highest BCUT2D eigenvalue weighted by molar-refractivity contribution is 9.10. The van der Waals surface area contributed by atoms with Gasteiger partial charge in [-0.3, -0.25) is 4.79 Å². The highest BCUT2D eigenvalue weighted by Crippen LogP contribution is 2.15. The van der Waals surface area contributed by atoms with Crippen molar-refractivity contribution in [3.63, 3.8) is 0 Å². The minimum Gasteiger partial charge on any atom is -0.377 e. The molecule has 0 aliphatic heterocycles. The summed E-state index contributed by atoms with van der Waals surface area (Å²) < 4.78 is 6.27. The molecule has 0 aliphatic carbocycles. The number of ether oxygens (including phenoxy) is 1. The quantitative estimate of drug-likeness (QED) is 0.849. The lowest BCUT2D eigenvalue weighted by atomic mass is 10.1. The van der Waals surface area contributed by atoms with E-state index < -0.39 is 0 Å². The zero-order chi connectivity index (χ0) is 12.8. The lowest BCUT2D eigenvalue weighted by Crippen LogP contribution is -2.28. The maximum absolute atomic E-state index is 11.8. The summed E-state index contributed by atoms with van der Waals surface area (Å²) >= 11 is 3.38. The van der Waals surface area contributed by atoms with Gasteiger partial charge in [0.15, 0.2) is 0 Å². The van der Waals surface area contributed by atoms with Gasteiger partial charge in [-0.05, 0) is 44.5 Å². The van der Waals surface area contributed by atoms with Crippen LogP contribution in [0.3, 0.4) is 0 Å². The summed E-state index contributed by atoms with van der Waals surface area (Å²) in [5.41, 5.74) is 1.73. The first kappa shape index (κ1) is 14.2. The standard InChI is InChI=1S/C13H18BrNO2/c1-9(2)17-5-4-15-13(16)11-6-10(3)7-12(14)8-11/h6-9H,4-5H2,1-3H3,(H,15,16). The Labute approximate surface area is 111 Å². The highest BCUT2D eigenvalue weighted by atomic mass is 79.9. The minimum atomic E-state index is -0.0678. The van der Waals surface area contributed by atoms with Crippen LogP contribution in [0, 0.1) is 6.92 Å². The molecule has 94 valence electrons. The van der Waals surface area contributed by atoms with Gasteiger partial charge in [-0.25, -0.2) is 0 Å². The summed E-state index contributed by atoms with van der Waals surface area (Å²) in [5, 5.41) is 2.82. The maximum Gasteiger partial charge on any atom is 0.251 e. The number of aryl methyl sites for hydroxylation is 1. The molecule has 0 fully saturated rings. The van der Waals surface area contributed by atoms with Crippen LogP contribution >= 0.6 is 15.9 Å². The van der Waals surface area contributed by atoms with Crippen molar-refractivity contribution in [3.05, 3.63) is 33.8 Å². The van der Waals surface area contributed by atoms with Gasteiger partial charge in [0.2, 0.25) is 0 Å². The number of halogens is 1. The number of benzene rings is 1. The van der Waals surface area contributed by atoms with Crippen molar-refractivity contribution in [2.45, 2.75) is 26.9 Å². The number of rotatable bonds is 5. The Morgan fingerprint density at radius 3 is 2.71 bits per heavy atom. The molecular formula is C13H18BrNO2. The largest absolute Gasteiger partial charge is 0.377 e. The van der Waals surface area contributed by atoms with Gasteiger partial charge in [0.05, 0.1) is 12.7 Å². The molecule has 0 unspecified atom stereocenters. The van der Waals surface area contributed by atoms with Crippen molar-refractivity contribution >= 4 is 21.8 Å². The van der Waals surface area contributed by atoms with Crippen molar-refractivity contribution < 1.29 is 9.53 Å². The Morgan fingerprint density at radius 1 is 1.41 bits per heavy atom. The predicted octanol–water partition coefficient (Wildman–Crippen LogP) is 2.91. The molecule has 1 N–H and O–H groups in total. The maximum atomic E-state index is 11.8. The molecule has 1 aromatic rings. The topological polar surface area (TPSA) is 38.3 Å². The van der Waals surface area contributed by atoms with Crippen LogP contribution in [-0.2, 0) is 4.74 Å². The van der Waals surface area contributed by atoms with E-state index in [1.165, 1.54) is 0 Å². The second-order valence-electron chi connectivity index (χ2n) is 4.19. The fourth-order valence-electron chi connectivity index (χ4n) is 1.43. The van der Waals surface area contributed by atoms with E-state index in [0.29, 0.717) is 18.7 Å². The highest BCUT2D eigenvalue weighted by Gasteiger charge is 2.06. The Balaban J connectivity index is 2.47. The van der Waals surface area contributed by atoms with Crippen LogP contribution in [0.1, 0.15) is 29.8 Å². The molecule has 0 aromatic heterocycles. The van der Waals surface area contributed by atoms with Crippen molar-refractivity contribution in [3.8, 4) is 0 Å². The fourth-order valence-corrected chi connectivity index (χ4v) is 2.04. The van der Waals surface area contributed by atoms with Crippen molar-refractivity contribution in [1.82, 2.24) is 5.32 Å². The number of amides is 1. The smallest absolute Gasteiger partial charge is 0.251 e. The first-order valence-corrected chi connectivity index (χ1v) is 6.45. The summed E-state index contributed by atoms with van der Waals surface area (Å²) in [5.74, 6) is -0.0678. The SMILES string of the molecule is Cc1cc(Br)cc(C(=O)NCCOC(C)C)c1. The molecule has 0 aliphatic rings. The van der Waals surface area contributed by atoms with E-state index in [4.69, 9.17) is 4.74 Å². The van der Waals surface area contributed by atoms with Gasteiger partial charge >= 0.3 is 0 Å². The number of hydrogen-bond donors (Lipinski definition) is 1. The van der Waals surface area contributed by atoms with Gasteiger partial charge in [0, 0.05) is 16.6 Å². The van der Waals surface area contributed by atoms with E-state index in [-0.39, 0.29) is 12.0 Å². The van der Waals surface area contributed by atoms with E-state index in [1.807, 2.05) is 39.0 Å². The third kappa shape index (κ3) is 5.33. The lowest BCUT2D eigenvalue weighted by molar-refractivity contribution is 0.0746. The normalized spacial score (nSPS) is 10.6. The van der Waals surface area contributed by atoms with Crippen molar-refractivity contribution in [2.75, 3.05) is 13.2 Å². The number of hydrogen-bond acceptors (Lipinski definition) is 2. The summed E-state index contributed by atoms with van der Waals surface area (Å²) in [7, 11) is 0. The Bertz CT molecular complexity index is 371. The molecule has 0 saturated carbocycles. The van der Waals surface area contributed by atoms with Crippen LogP contribution in [-0.4, -0.2) is 25.2 Å². The summed E-state index contributed by atoms with van der Waals surface area (Å²) in [6.07, 6.45) is 0.194. The molecule has 1 amide bonds. The molecule has 0 atom stereocenters. The molecule has 0 radical (unpaired) electrons. The van der Waals surface area contributed by atoms with Gasteiger partial charge in [-0.2, -0.15) is 0 Å². The molecule has 3 nitrogen and oxygen atoms in total. The van der Waals surface area contributed by atoms with Crippen LogP contribution in [0.15, 0.2) is 22.7 Å². The molecule has 0 spiro atoms. The Morgan fingerprint density at radius 2 is 2.12 bits per heavy atom. The summed E-state index contributed by atoms with van der Waals surface area (Å²) in [6, 6.07) is 5.65. The van der Waals surface area contributed by atoms with E-state index in [1.54, 1.807) is 0 Å². The third-order valence-corrected chi connectivity index (χ3v) is 2.60. The second-order valence-corrected chi connectivity index (χ2v) is 5.11. The number of carbonyl (C=O) groups excluding carboxylic acids is 1. The second kappa shape index (κ2) is 6.77. The molecular weight excluding hydrogens is 282 g/mol. The average molecular weight is 300 g/mol. The van der Waals surface area contributed by atoms with E-state index in [2.05, 4.69) is 21.2 Å². The molecule has 0 bridgehead atoms. The molecule has 0 heterocycles. The Hall–Kier alpha value is -0.870.